The van der Waals surface area contributed by atoms with Gasteiger partial charge in [-0.25, -0.2) is 0 Å². The summed E-state index contributed by atoms with van der Waals surface area (Å²) in [7, 11) is -1.75. The fourth-order valence-electron chi connectivity index (χ4n) is 8.39. The summed E-state index contributed by atoms with van der Waals surface area (Å²) in [5, 5.41) is 13.8. The number of amides is 3. The van der Waals surface area contributed by atoms with Gasteiger partial charge in [-0.1, -0.05) is 55.5 Å². The second-order valence-electron chi connectivity index (χ2n) is 14.9. The first-order valence-corrected chi connectivity index (χ1v) is 21.6. The van der Waals surface area contributed by atoms with Crippen LogP contribution in [0.2, 0.25) is 18.6 Å². The average molecular weight is 755 g/mol. The van der Waals surface area contributed by atoms with Gasteiger partial charge in [-0.2, -0.15) is 0 Å². The highest BCUT2D eigenvalue weighted by molar-refractivity contribution is 6.71. The monoisotopic (exact) mass is 754 g/mol. The molecule has 4 aromatic rings. The quantitative estimate of drug-likeness (QED) is 0.0728. The van der Waals surface area contributed by atoms with Crippen LogP contribution in [-0.4, -0.2) is 84.7 Å². The number of rotatable bonds is 15. The van der Waals surface area contributed by atoms with Gasteiger partial charge in [-0.15, -0.1) is 0 Å². The van der Waals surface area contributed by atoms with Crippen LogP contribution in [0.3, 0.4) is 0 Å². The lowest BCUT2D eigenvalue weighted by atomic mass is 9.82. The minimum atomic E-state index is -3.10. The van der Waals surface area contributed by atoms with E-state index < -0.39 is 31.5 Å². The fourth-order valence-corrected chi connectivity index (χ4v) is 10.9. The number of methoxy groups -OCH3 is 1. The van der Waals surface area contributed by atoms with E-state index in [9.17, 15) is 29.1 Å². The molecule has 3 aromatic carbocycles. The third-order valence-corrected chi connectivity index (χ3v) is 13.4. The number of esters is 1. The fraction of sp³-hybridized carbons (Fsp3) is 0.415. The van der Waals surface area contributed by atoms with Crippen molar-refractivity contribution >= 4 is 54.3 Å². The number of fused-ring (bicyclic) bond motifs is 3. The molecule has 286 valence electrons. The van der Waals surface area contributed by atoms with E-state index in [1.807, 2.05) is 67.7 Å². The van der Waals surface area contributed by atoms with Gasteiger partial charge in [0.15, 0.2) is 13.9 Å². The van der Waals surface area contributed by atoms with E-state index >= 15 is 0 Å². The van der Waals surface area contributed by atoms with E-state index in [-0.39, 0.29) is 56.1 Å². The lowest BCUT2D eigenvalue weighted by Gasteiger charge is -2.32. The van der Waals surface area contributed by atoms with Gasteiger partial charge in [0.05, 0.1) is 38.3 Å². The number of ether oxygens (including phenoxy) is 2. The maximum atomic E-state index is 14.9. The van der Waals surface area contributed by atoms with E-state index in [0.29, 0.717) is 42.9 Å². The molecule has 12 nitrogen and oxygen atoms in total. The molecule has 1 aromatic heterocycles. The summed E-state index contributed by atoms with van der Waals surface area (Å²) in [5.41, 5.74) is 2.32. The number of unbranched alkanes of at least 4 members (excludes halogenated alkanes) is 1. The van der Waals surface area contributed by atoms with Crippen LogP contribution in [0.1, 0.15) is 49.3 Å². The van der Waals surface area contributed by atoms with Gasteiger partial charge < -0.3 is 39.5 Å². The molecular weight excluding hydrogens is 705 g/mol. The molecule has 0 saturated carbocycles. The molecule has 54 heavy (non-hydrogen) atoms. The Labute approximate surface area is 316 Å². The Morgan fingerprint density at radius 3 is 2.52 bits per heavy atom. The molecule has 0 radical (unpaired) electrons. The molecule has 6 rings (SSSR count). The minimum absolute atomic E-state index is 0.0939. The summed E-state index contributed by atoms with van der Waals surface area (Å²) in [6.45, 7) is 6.00. The number of benzene rings is 3. The van der Waals surface area contributed by atoms with Gasteiger partial charge in [0, 0.05) is 65.9 Å². The zero-order valence-electron chi connectivity index (χ0n) is 31.3. The summed E-state index contributed by atoms with van der Waals surface area (Å²) >= 11 is 0. The lowest BCUT2D eigenvalue weighted by Crippen LogP contribution is -2.46. The number of aromatic nitrogens is 1. The first-order chi connectivity index (χ1) is 25.9. The van der Waals surface area contributed by atoms with Crippen LogP contribution in [0.15, 0.2) is 79.0 Å². The van der Waals surface area contributed by atoms with Gasteiger partial charge in [0.2, 0.25) is 11.8 Å². The molecular formula is C41H50N4O8Si. The van der Waals surface area contributed by atoms with Crippen molar-refractivity contribution in [2.75, 3.05) is 37.0 Å². The summed E-state index contributed by atoms with van der Waals surface area (Å²) < 4.78 is 11.7. The van der Waals surface area contributed by atoms with Crippen molar-refractivity contribution in [3.63, 3.8) is 0 Å². The first-order valence-electron chi connectivity index (χ1n) is 18.6. The number of nitrogens with zero attached hydrogens (tertiary/aromatic N) is 2. The summed E-state index contributed by atoms with van der Waals surface area (Å²) in [4.78, 5) is 72.3. The Bertz CT molecular complexity index is 2000. The van der Waals surface area contributed by atoms with Crippen LogP contribution >= 0.6 is 0 Å². The molecule has 0 bridgehead atoms. The molecule has 1 fully saturated rings. The summed E-state index contributed by atoms with van der Waals surface area (Å²) in [5.74, 6) is -1.65. The molecule has 2 aliphatic rings. The Morgan fingerprint density at radius 1 is 1.06 bits per heavy atom. The third-order valence-electron chi connectivity index (χ3n) is 10.8. The van der Waals surface area contributed by atoms with Crippen molar-refractivity contribution in [3.05, 3.63) is 95.7 Å². The van der Waals surface area contributed by atoms with E-state index in [2.05, 4.69) is 10.3 Å². The average Bonchev–Trinajstić information content (AvgIpc) is 3.76. The number of carbonyl (C=O) groups is 4. The predicted molar refractivity (Wildman–Crippen MR) is 208 cm³/mol. The van der Waals surface area contributed by atoms with Crippen LogP contribution in [-0.2, 0) is 47.2 Å². The van der Waals surface area contributed by atoms with Gasteiger partial charge in [0.25, 0.3) is 5.91 Å². The van der Waals surface area contributed by atoms with Crippen molar-refractivity contribution in [2.24, 2.45) is 5.92 Å². The van der Waals surface area contributed by atoms with Crippen molar-refractivity contribution in [2.45, 2.75) is 75.9 Å². The van der Waals surface area contributed by atoms with Crippen LogP contribution < -0.4 is 10.2 Å². The predicted octanol–water partition coefficient (Wildman–Crippen LogP) is 5.25. The normalized spacial score (nSPS) is 20.7. The maximum Gasteiger partial charge on any atom is 0.305 e. The highest BCUT2D eigenvalue weighted by Crippen LogP contribution is 2.60. The van der Waals surface area contributed by atoms with Gasteiger partial charge >= 0.3 is 5.97 Å². The number of H-pyrrole nitrogens is 1. The van der Waals surface area contributed by atoms with Crippen molar-refractivity contribution in [1.29, 1.82) is 0 Å². The highest BCUT2D eigenvalue weighted by atomic mass is 28.4. The van der Waals surface area contributed by atoms with Crippen LogP contribution in [0.4, 0.5) is 11.4 Å². The van der Waals surface area contributed by atoms with Crippen LogP contribution in [0.25, 0.3) is 10.9 Å². The molecule has 4 N–H and O–H groups in total. The third kappa shape index (κ3) is 7.85. The number of aliphatic hydroxyl groups is 1. The van der Waals surface area contributed by atoms with Crippen LogP contribution in [0.5, 0.6) is 0 Å². The lowest BCUT2D eigenvalue weighted by molar-refractivity contribution is -0.149. The number of hydrogen-bond acceptors (Lipinski definition) is 8. The molecule has 13 heteroatoms. The largest absolute Gasteiger partial charge is 0.469 e. The molecule has 1 saturated heterocycles. The number of aliphatic hydroxyl groups excluding tert-OH is 1. The topological polar surface area (TPSA) is 161 Å². The van der Waals surface area contributed by atoms with E-state index in [4.69, 9.17) is 9.47 Å². The van der Waals surface area contributed by atoms with E-state index in [1.165, 1.54) is 7.11 Å². The Morgan fingerprint density at radius 2 is 1.80 bits per heavy atom. The number of carbonyl (C=O) groups excluding carboxylic acids is 4. The molecule has 3 heterocycles. The van der Waals surface area contributed by atoms with Crippen molar-refractivity contribution < 1.29 is 38.6 Å². The molecule has 3 amide bonds. The Kier molecular flexibility index (Phi) is 11.7. The Hall–Kier alpha value is -4.82. The van der Waals surface area contributed by atoms with Gasteiger partial charge in [0.1, 0.15) is 0 Å². The van der Waals surface area contributed by atoms with Crippen molar-refractivity contribution in [3.8, 4) is 0 Å². The molecule has 0 aliphatic carbocycles. The highest BCUT2D eigenvalue weighted by Gasteiger charge is 2.66. The SMILES string of the molecule is COC(=O)CCCCN1C(=O)[C@@]2(O[C@@H](CC(=O)N(CCO)Cc3ccccc3)[C@H]([Si](C)(C)O)[C@H]2C)c2cc(NC(=O)Cc3c[nH]c4ccccc34)ccc21. The van der Waals surface area contributed by atoms with Gasteiger partial charge in [-0.3, -0.25) is 19.2 Å². The van der Waals surface area contributed by atoms with E-state index in [0.717, 1.165) is 22.0 Å². The summed E-state index contributed by atoms with van der Waals surface area (Å²) in [6, 6.07) is 22.6. The number of anilines is 2. The second-order valence-corrected chi connectivity index (χ2v) is 18.9. The number of nitrogens with one attached hydrogen (secondary N) is 2. The standard InChI is InChI=1S/C41H50N4O8Si/c1-27-39(54(3,4)51)35(24-37(48)44(20-21-46)26-28-12-6-5-7-13-28)53-41(27)32-23-30(43-36(47)22-29-25-42-33-15-9-8-14-31(29)33)17-18-34(32)45(40(41)50)19-11-10-16-38(49)52-2/h5-9,12-15,17-18,23,25,27,35,39,42,46,51H,10-11,16,19-22,24,26H2,1-4H3,(H,43,47)/t27-,35+,39-,41+/m1/s1. The van der Waals surface area contributed by atoms with Crippen LogP contribution in [0, 0.1) is 5.92 Å². The summed E-state index contributed by atoms with van der Waals surface area (Å²) in [6.07, 6.45) is 2.32. The van der Waals surface area contributed by atoms with Gasteiger partial charge in [-0.05, 0) is 61.3 Å². The number of hydrogen-bond donors (Lipinski definition) is 4. The smallest absolute Gasteiger partial charge is 0.305 e. The van der Waals surface area contributed by atoms with E-state index in [1.54, 1.807) is 41.1 Å². The Balaban J connectivity index is 1.32. The molecule has 1 spiro atoms. The molecule has 4 atom stereocenters. The van der Waals surface area contributed by atoms with Crippen molar-refractivity contribution in [1.82, 2.24) is 9.88 Å². The second kappa shape index (κ2) is 16.3. The zero-order valence-corrected chi connectivity index (χ0v) is 32.3. The maximum absolute atomic E-state index is 14.9. The minimum Gasteiger partial charge on any atom is -0.469 e. The number of aromatic amines is 1. The first kappa shape index (κ1) is 38.9. The zero-order chi connectivity index (χ0) is 38.6. The molecule has 2 aliphatic heterocycles. The molecule has 0 unspecified atom stereocenters. The number of para-hydroxylation sites is 1.